The van der Waals surface area contributed by atoms with Gasteiger partial charge in [-0.3, -0.25) is 14.3 Å². The van der Waals surface area contributed by atoms with Crippen molar-refractivity contribution in [3.63, 3.8) is 0 Å². The number of halogens is 2. The van der Waals surface area contributed by atoms with Gasteiger partial charge in [0.1, 0.15) is 5.82 Å². The van der Waals surface area contributed by atoms with Crippen LogP contribution in [0, 0.1) is 5.82 Å². The average Bonchev–Trinajstić information content (AvgIpc) is 3.04. The Balaban J connectivity index is 1.53. The molecule has 0 bridgehead atoms. The summed E-state index contributed by atoms with van der Waals surface area (Å²) in [4.78, 5) is 27.8. The molecule has 1 fully saturated rings. The number of rotatable bonds is 4. The minimum absolute atomic E-state index is 0.0881. The van der Waals surface area contributed by atoms with Crippen molar-refractivity contribution >= 4 is 56.6 Å². The van der Waals surface area contributed by atoms with E-state index in [4.69, 9.17) is 11.6 Å². The van der Waals surface area contributed by atoms with Gasteiger partial charge in [-0.05, 0) is 49.2 Å². The molecular formula is C21H21ClFN3O4S2. The number of sulfonamides is 1. The van der Waals surface area contributed by atoms with Crippen molar-refractivity contribution in [1.82, 2.24) is 4.90 Å². The van der Waals surface area contributed by atoms with Crippen LogP contribution in [0.1, 0.15) is 25.7 Å². The van der Waals surface area contributed by atoms with Crippen molar-refractivity contribution in [2.75, 3.05) is 23.1 Å². The minimum atomic E-state index is -4.01. The van der Waals surface area contributed by atoms with E-state index in [1.165, 1.54) is 24.3 Å². The van der Waals surface area contributed by atoms with Gasteiger partial charge >= 0.3 is 0 Å². The number of benzene rings is 2. The number of anilines is 2. The van der Waals surface area contributed by atoms with Crippen LogP contribution in [0.25, 0.3) is 0 Å². The lowest BCUT2D eigenvalue weighted by atomic mass is 10.2. The van der Waals surface area contributed by atoms with E-state index >= 15 is 0 Å². The molecule has 0 aliphatic carbocycles. The van der Waals surface area contributed by atoms with Crippen LogP contribution in [0.2, 0.25) is 5.02 Å². The highest BCUT2D eigenvalue weighted by atomic mass is 35.5. The van der Waals surface area contributed by atoms with Crippen LogP contribution in [0.15, 0.2) is 46.2 Å². The molecule has 2 aromatic rings. The molecule has 2 amide bonds. The molecule has 32 heavy (non-hydrogen) atoms. The number of likely N-dealkylation sites (tertiary alicyclic amines) is 1. The maximum atomic E-state index is 13.3. The summed E-state index contributed by atoms with van der Waals surface area (Å²) in [5.41, 5.74) is 0.426. The van der Waals surface area contributed by atoms with Gasteiger partial charge in [0, 0.05) is 18.0 Å². The van der Waals surface area contributed by atoms with E-state index < -0.39 is 27.0 Å². The molecular weight excluding hydrogens is 477 g/mol. The molecule has 2 aliphatic heterocycles. The maximum absolute atomic E-state index is 13.3. The van der Waals surface area contributed by atoms with Crippen LogP contribution >= 0.6 is 23.4 Å². The lowest BCUT2D eigenvalue weighted by Crippen LogP contribution is -2.45. The number of hydrogen-bond acceptors (Lipinski definition) is 5. The van der Waals surface area contributed by atoms with E-state index in [1.807, 2.05) is 0 Å². The molecule has 0 aromatic heterocycles. The Kier molecular flexibility index (Phi) is 6.64. The number of amides is 2. The van der Waals surface area contributed by atoms with Gasteiger partial charge in [0.25, 0.3) is 10.0 Å². The molecule has 4 rings (SSSR count). The second-order valence-corrected chi connectivity index (χ2v) is 10.9. The first-order valence-electron chi connectivity index (χ1n) is 10.1. The summed E-state index contributed by atoms with van der Waals surface area (Å²) in [5.74, 6) is -1.34. The van der Waals surface area contributed by atoms with Gasteiger partial charge in [-0.15, -0.1) is 11.8 Å². The fourth-order valence-corrected chi connectivity index (χ4v) is 5.96. The van der Waals surface area contributed by atoms with Crippen LogP contribution in [-0.4, -0.2) is 43.5 Å². The Morgan fingerprint density at radius 3 is 2.53 bits per heavy atom. The highest BCUT2D eigenvalue weighted by Crippen LogP contribution is 2.38. The average molecular weight is 498 g/mol. The van der Waals surface area contributed by atoms with Crippen molar-refractivity contribution in [2.24, 2.45) is 0 Å². The maximum Gasteiger partial charge on any atom is 0.261 e. The summed E-state index contributed by atoms with van der Waals surface area (Å²) in [6.45, 7) is 1.29. The van der Waals surface area contributed by atoms with Gasteiger partial charge in [0.2, 0.25) is 11.8 Å². The predicted molar refractivity (Wildman–Crippen MR) is 122 cm³/mol. The van der Waals surface area contributed by atoms with E-state index in [1.54, 1.807) is 11.0 Å². The van der Waals surface area contributed by atoms with Crippen molar-refractivity contribution in [1.29, 1.82) is 0 Å². The van der Waals surface area contributed by atoms with E-state index in [0.717, 1.165) is 43.5 Å². The highest BCUT2D eigenvalue weighted by Gasteiger charge is 2.36. The summed E-state index contributed by atoms with van der Waals surface area (Å²) in [7, 11) is -4.01. The van der Waals surface area contributed by atoms with Crippen LogP contribution in [0.5, 0.6) is 0 Å². The van der Waals surface area contributed by atoms with Gasteiger partial charge in [0.15, 0.2) is 5.25 Å². The fourth-order valence-electron chi connectivity index (χ4n) is 3.65. The zero-order valence-corrected chi connectivity index (χ0v) is 19.3. The van der Waals surface area contributed by atoms with Crippen LogP contribution in [-0.2, 0) is 19.6 Å². The van der Waals surface area contributed by atoms with E-state index in [2.05, 4.69) is 10.0 Å². The predicted octanol–water partition coefficient (Wildman–Crippen LogP) is 4.10. The molecule has 1 atom stereocenters. The van der Waals surface area contributed by atoms with Gasteiger partial charge in [-0.2, -0.15) is 0 Å². The topological polar surface area (TPSA) is 95.6 Å². The zero-order valence-electron chi connectivity index (χ0n) is 16.9. The molecule has 2 heterocycles. The Hall–Kier alpha value is -2.30. The molecule has 11 heteroatoms. The molecule has 7 nitrogen and oxygen atoms in total. The number of hydrogen-bond donors (Lipinski definition) is 2. The first-order chi connectivity index (χ1) is 15.2. The minimum Gasteiger partial charge on any atom is -0.341 e. The lowest BCUT2D eigenvalue weighted by molar-refractivity contribution is -0.133. The molecule has 0 saturated carbocycles. The third-order valence-electron chi connectivity index (χ3n) is 5.32. The van der Waals surface area contributed by atoms with E-state index in [-0.39, 0.29) is 21.5 Å². The Labute approximate surface area is 194 Å². The number of carbonyl (C=O) groups excluding carboxylic acids is 2. The quantitative estimate of drug-likeness (QED) is 0.620. The van der Waals surface area contributed by atoms with Crippen LogP contribution in [0.4, 0.5) is 15.8 Å². The third-order valence-corrected chi connectivity index (χ3v) is 8.25. The normalized spacial score (nSPS) is 19.0. The molecule has 0 unspecified atom stereocenters. The molecule has 0 spiro atoms. The summed E-state index contributed by atoms with van der Waals surface area (Å²) in [5, 5.41) is 1.56. The van der Waals surface area contributed by atoms with Gasteiger partial charge in [-0.25, -0.2) is 12.8 Å². The van der Waals surface area contributed by atoms with Gasteiger partial charge in [-0.1, -0.05) is 24.4 Å². The van der Waals surface area contributed by atoms with E-state index in [0.29, 0.717) is 23.7 Å². The SMILES string of the molecule is O=C1Nc2cc(S(=O)(=O)Nc3ccc(F)c(Cl)c3)ccc2S[C@H]1C(=O)N1CCCCCC1. The van der Waals surface area contributed by atoms with Crippen LogP contribution in [0.3, 0.4) is 0 Å². The van der Waals surface area contributed by atoms with Crippen molar-refractivity contribution in [2.45, 2.75) is 40.7 Å². The van der Waals surface area contributed by atoms with Crippen LogP contribution < -0.4 is 10.0 Å². The highest BCUT2D eigenvalue weighted by molar-refractivity contribution is 8.01. The lowest BCUT2D eigenvalue weighted by Gasteiger charge is -2.28. The van der Waals surface area contributed by atoms with E-state index in [9.17, 15) is 22.4 Å². The molecule has 1 saturated heterocycles. The van der Waals surface area contributed by atoms with Crippen molar-refractivity contribution < 1.29 is 22.4 Å². The fraction of sp³-hybridized carbons (Fsp3) is 0.333. The first kappa shape index (κ1) is 22.9. The Morgan fingerprint density at radius 2 is 1.84 bits per heavy atom. The number of carbonyl (C=O) groups is 2. The molecule has 2 N–H and O–H groups in total. The number of thioether (sulfide) groups is 1. The third kappa shape index (κ3) is 4.87. The second-order valence-electron chi connectivity index (χ2n) is 7.62. The molecule has 2 aliphatic rings. The smallest absolute Gasteiger partial charge is 0.261 e. The molecule has 2 aromatic carbocycles. The Bertz CT molecular complexity index is 1170. The summed E-state index contributed by atoms with van der Waals surface area (Å²) in [6, 6.07) is 7.78. The standard InChI is InChI=1S/C21H21ClFN3O4S2/c22-15-11-13(5-7-16(15)23)25-32(29,30)14-6-8-18-17(12-14)24-20(27)19(31-18)21(28)26-9-3-1-2-4-10-26/h5-8,11-12,19,25H,1-4,9-10H2,(H,24,27)/t19-/m1/s1. The summed E-state index contributed by atoms with van der Waals surface area (Å²) < 4.78 is 41.2. The summed E-state index contributed by atoms with van der Waals surface area (Å²) >= 11 is 6.84. The van der Waals surface area contributed by atoms with Crippen molar-refractivity contribution in [3.05, 3.63) is 47.2 Å². The largest absolute Gasteiger partial charge is 0.341 e. The number of nitrogens with zero attached hydrogens (tertiary/aromatic N) is 1. The Morgan fingerprint density at radius 1 is 1.12 bits per heavy atom. The number of nitrogens with one attached hydrogen (secondary N) is 2. The van der Waals surface area contributed by atoms with Crippen molar-refractivity contribution in [3.8, 4) is 0 Å². The van der Waals surface area contributed by atoms with Gasteiger partial charge < -0.3 is 10.2 Å². The molecule has 170 valence electrons. The number of fused-ring (bicyclic) bond motifs is 1. The first-order valence-corrected chi connectivity index (χ1v) is 12.9. The second kappa shape index (κ2) is 9.29. The summed E-state index contributed by atoms with van der Waals surface area (Å²) in [6.07, 6.45) is 4.00. The zero-order chi connectivity index (χ0) is 22.9. The van der Waals surface area contributed by atoms with Gasteiger partial charge in [0.05, 0.1) is 21.3 Å². The monoisotopic (exact) mass is 497 g/mol. The molecule has 0 radical (unpaired) electrons.